The Morgan fingerprint density at radius 3 is 2.56 bits per heavy atom. The summed E-state index contributed by atoms with van der Waals surface area (Å²) in [6.07, 6.45) is -4.59. The monoisotopic (exact) mass is 261 g/mol. The molecule has 0 radical (unpaired) electrons. The predicted molar refractivity (Wildman–Crippen MR) is 64.6 cm³/mol. The van der Waals surface area contributed by atoms with Crippen LogP contribution in [0.25, 0.3) is 0 Å². The average Bonchev–Trinajstić information content (AvgIpc) is 2.26. The third-order valence-corrected chi connectivity index (χ3v) is 2.76. The Kier molecular flexibility index (Phi) is 5.02. The first-order valence-electron chi connectivity index (χ1n) is 5.80. The molecule has 2 nitrogen and oxygen atoms in total. The lowest BCUT2D eigenvalue weighted by atomic mass is 9.99. The molecule has 0 aromatic heterocycles. The summed E-state index contributed by atoms with van der Waals surface area (Å²) in [6.45, 7) is 1.92. The summed E-state index contributed by atoms with van der Waals surface area (Å²) in [5.74, 6) is 0.634. The fraction of sp³-hybridized carbons (Fsp3) is 0.538. The van der Waals surface area contributed by atoms with Gasteiger partial charge >= 0.3 is 6.18 Å². The fourth-order valence-electron chi connectivity index (χ4n) is 1.80. The van der Waals surface area contributed by atoms with Crippen molar-refractivity contribution in [3.8, 4) is 5.75 Å². The smallest absolute Gasteiger partial charge is 0.389 e. The molecular formula is C13H18F3NO. The molecule has 18 heavy (non-hydrogen) atoms. The Hall–Kier alpha value is -1.23. The van der Waals surface area contributed by atoms with Crippen LogP contribution in [0.5, 0.6) is 5.75 Å². The van der Waals surface area contributed by atoms with Gasteiger partial charge in [0.25, 0.3) is 0 Å². The molecule has 2 N–H and O–H groups in total. The lowest BCUT2D eigenvalue weighted by Gasteiger charge is -2.16. The first-order valence-corrected chi connectivity index (χ1v) is 5.80. The number of rotatable bonds is 5. The van der Waals surface area contributed by atoms with E-state index < -0.39 is 18.6 Å². The van der Waals surface area contributed by atoms with E-state index in [1.165, 1.54) is 7.11 Å². The van der Waals surface area contributed by atoms with Crippen molar-refractivity contribution in [2.75, 3.05) is 7.11 Å². The minimum atomic E-state index is -4.11. The highest BCUT2D eigenvalue weighted by Crippen LogP contribution is 2.30. The Balaban J connectivity index is 2.64. The number of methoxy groups -OCH3 is 1. The summed E-state index contributed by atoms with van der Waals surface area (Å²) in [4.78, 5) is 0. The molecule has 0 amide bonds. The van der Waals surface area contributed by atoms with Crippen molar-refractivity contribution >= 4 is 0 Å². The third kappa shape index (κ3) is 4.56. The van der Waals surface area contributed by atoms with Gasteiger partial charge in [0.15, 0.2) is 0 Å². The lowest BCUT2D eigenvalue weighted by Crippen LogP contribution is -2.14. The van der Waals surface area contributed by atoms with Crippen LogP contribution in [0.3, 0.4) is 0 Å². The fourth-order valence-corrected chi connectivity index (χ4v) is 1.80. The second-order valence-electron chi connectivity index (χ2n) is 4.36. The number of aryl methyl sites for hydroxylation is 1. The van der Waals surface area contributed by atoms with E-state index in [0.717, 1.165) is 11.1 Å². The molecule has 0 aliphatic rings. The topological polar surface area (TPSA) is 35.2 Å². The number of hydrogen-bond donors (Lipinski definition) is 1. The molecule has 0 bridgehead atoms. The second-order valence-corrected chi connectivity index (χ2v) is 4.36. The molecular weight excluding hydrogens is 243 g/mol. The van der Waals surface area contributed by atoms with Gasteiger partial charge in [-0.2, -0.15) is 13.2 Å². The summed E-state index contributed by atoms with van der Waals surface area (Å²) in [7, 11) is 1.53. The molecule has 0 spiro atoms. The number of nitrogens with two attached hydrogens (primary N) is 1. The number of benzene rings is 1. The molecule has 0 fully saturated rings. The first kappa shape index (κ1) is 14.8. The van der Waals surface area contributed by atoms with Gasteiger partial charge in [-0.25, -0.2) is 0 Å². The summed E-state index contributed by atoms with van der Waals surface area (Å²) < 4.78 is 41.3. The zero-order valence-electron chi connectivity index (χ0n) is 10.6. The largest absolute Gasteiger partial charge is 0.496 e. The van der Waals surface area contributed by atoms with E-state index >= 15 is 0 Å². The van der Waals surface area contributed by atoms with Crippen LogP contribution in [-0.2, 0) is 0 Å². The molecule has 5 heteroatoms. The molecule has 1 aromatic rings. The number of ether oxygens (including phenoxy) is 1. The van der Waals surface area contributed by atoms with E-state index in [-0.39, 0.29) is 6.42 Å². The van der Waals surface area contributed by atoms with Gasteiger partial charge in [0, 0.05) is 18.0 Å². The predicted octanol–water partition coefficient (Wildman–Crippen LogP) is 3.74. The standard InChI is InChI=1S/C13H18F3NO/c1-9-5-6-10(12(8-9)18-2)11(17)4-3-7-13(14,15)16/h5-6,8,11H,3-4,7,17H2,1-2H3. The highest BCUT2D eigenvalue weighted by molar-refractivity contribution is 5.39. The summed E-state index contributed by atoms with van der Waals surface area (Å²) >= 11 is 0. The molecule has 1 unspecified atom stereocenters. The maximum atomic E-state index is 12.0. The van der Waals surface area contributed by atoms with Crippen molar-refractivity contribution < 1.29 is 17.9 Å². The molecule has 0 heterocycles. The van der Waals surface area contributed by atoms with Crippen LogP contribution >= 0.6 is 0 Å². The highest BCUT2D eigenvalue weighted by atomic mass is 19.4. The van der Waals surface area contributed by atoms with Crippen LogP contribution in [0.1, 0.15) is 36.4 Å². The molecule has 0 saturated heterocycles. The summed E-state index contributed by atoms with van der Waals surface area (Å²) in [5.41, 5.74) is 7.68. The Bertz CT molecular complexity index is 390. The van der Waals surface area contributed by atoms with Crippen molar-refractivity contribution in [1.82, 2.24) is 0 Å². The Morgan fingerprint density at radius 2 is 2.00 bits per heavy atom. The van der Waals surface area contributed by atoms with E-state index in [0.29, 0.717) is 12.2 Å². The van der Waals surface area contributed by atoms with Gasteiger partial charge in [-0.3, -0.25) is 0 Å². The van der Waals surface area contributed by atoms with Gasteiger partial charge < -0.3 is 10.5 Å². The first-order chi connectivity index (χ1) is 8.33. The van der Waals surface area contributed by atoms with Crippen LogP contribution in [-0.4, -0.2) is 13.3 Å². The molecule has 0 aliphatic carbocycles. The zero-order chi connectivity index (χ0) is 13.8. The van der Waals surface area contributed by atoms with E-state index in [2.05, 4.69) is 0 Å². The zero-order valence-corrected chi connectivity index (χ0v) is 10.6. The molecule has 1 aromatic carbocycles. The van der Waals surface area contributed by atoms with E-state index in [1.54, 1.807) is 0 Å². The lowest BCUT2D eigenvalue weighted by molar-refractivity contribution is -0.135. The Morgan fingerprint density at radius 1 is 1.33 bits per heavy atom. The van der Waals surface area contributed by atoms with Crippen LogP contribution in [0.4, 0.5) is 13.2 Å². The van der Waals surface area contributed by atoms with Crippen molar-refractivity contribution in [2.24, 2.45) is 5.73 Å². The van der Waals surface area contributed by atoms with Crippen LogP contribution in [0.15, 0.2) is 18.2 Å². The third-order valence-electron chi connectivity index (χ3n) is 2.76. The maximum absolute atomic E-state index is 12.0. The molecule has 102 valence electrons. The van der Waals surface area contributed by atoms with Crippen LogP contribution < -0.4 is 10.5 Å². The molecule has 1 atom stereocenters. The average molecular weight is 261 g/mol. The minimum Gasteiger partial charge on any atom is -0.496 e. The molecule has 1 rings (SSSR count). The van der Waals surface area contributed by atoms with Gasteiger partial charge in [-0.1, -0.05) is 12.1 Å². The SMILES string of the molecule is COc1cc(C)ccc1C(N)CCCC(F)(F)F. The Labute approximate surface area is 105 Å². The van der Waals surface area contributed by atoms with Crippen molar-refractivity contribution in [3.63, 3.8) is 0 Å². The van der Waals surface area contributed by atoms with Gasteiger partial charge in [0.1, 0.15) is 5.75 Å². The number of hydrogen-bond acceptors (Lipinski definition) is 2. The van der Waals surface area contributed by atoms with Crippen molar-refractivity contribution in [2.45, 2.75) is 38.4 Å². The maximum Gasteiger partial charge on any atom is 0.389 e. The van der Waals surface area contributed by atoms with Crippen molar-refractivity contribution in [3.05, 3.63) is 29.3 Å². The normalized spacial score (nSPS) is 13.4. The van der Waals surface area contributed by atoms with Crippen molar-refractivity contribution in [1.29, 1.82) is 0 Å². The van der Waals surface area contributed by atoms with Crippen LogP contribution in [0.2, 0.25) is 0 Å². The van der Waals surface area contributed by atoms with Crippen LogP contribution in [0, 0.1) is 6.92 Å². The quantitative estimate of drug-likeness (QED) is 0.876. The second kappa shape index (κ2) is 6.09. The molecule has 0 aliphatic heterocycles. The minimum absolute atomic E-state index is 0.0295. The van der Waals surface area contributed by atoms with Gasteiger partial charge in [-0.15, -0.1) is 0 Å². The summed E-state index contributed by atoms with van der Waals surface area (Å²) in [6, 6.07) is 5.09. The van der Waals surface area contributed by atoms with E-state index in [9.17, 15) is 13.2 Å². The van der Waals surface area contributed by atoms with E-state index in [1.807, 2.05) is 25.1 Å². The van der Waals surface area contributed by atoms with Gasteiger partial charge in [0.05, 0.1) is 7.11 Å². The summed E-state index contributed by atoms with van der Waals surface area (Å²) in [5, 5.41) is 0. The van der Waals surface area contributed by atoms with E-state index in [4.69, 9.17) is 10.5 Å². The molecule has 0 saturated carbocycles. The number of halogens is 3. The van der Waals surface area contributed by atoms with Gasteiger partial charge in [-0.05, 0) is 31.4 Å². The number of alkyl halides is 3. The highest BCUT2D eigenvalue weighted by Gasteiger charge is 2.26. The van der Waals surface area contributed by atoms with Gasteiger partial charge in [0.2, 0.25) is 0 Å².